The molecule has 222 valence electrons. The first-order valence-corrected chi connectivity index (χ1v) is 16.9. The molecule has 0 N–H and O–H groups in total. The van der Waals surface area contributed by atoms with Crippen LogP contribution in [0.25, 0.3) is 81.6 Å². The monoisotopic (exact) mass is 619 g/mol. The van der Waals surface area contributed by atoms with Crippen LogP contribution >= 0.6 is 11.3 Å². The molecule has 47 heavy (non-hydrogen) atoms. The van der Waals surface area contributed by atoms with Crippen LogP contribution in [-0.4, -0.2) is 14.5 Å². The van der Waals surface area contributed by atoms with E-state index >= 15 is 0 Å². The molecule has 1 aliphatic carbocycles. The fourth-order valence-corrected chi connectivity index (χ4v) is 9.03. The lowest BCUT2D eigenvalue weighted by Crippen LogP contribution is -2.16. The number of nitrogens with zero attached hydrogens (tertiary/aromatic N) is 3. The maximum absolute atomic E-state index is 5.28. The molecule has 0 saturated heterocycles. The largest absolute Gasteiger partial charge is 0.309 e. The molecule has 0 atom stereocenters. The van der Waals surface area contributed by atoms with Crippen molar-refractivity contribution in [2.75, 3.05) is 0 Å². The second-order valence-electron chi connectivity index (χ2n) is 13.0. The Morgan fingerprint density at radius 2 is 1.34 bits per heavy atom. The van der Waals surface area contributed by atoms with Crippen LogP contribution in [0, 0.1) is 0 Å². The molecule has 3 heterocycles. The van der Waals surface area contributed by atoms with Crippen LogP contribution in [0.1, 0.15) is 25.0 Å². The summed E-state index contributed by atoms with van der Waals surface area (Å²) >= 11 is 1.77. The second kappa shape index (κ2) is 9.71. The van der Waals surface area contributed by atoms with Gasteiger partial charge < -0.3 is 4.57 Å². The normalized spacial score (nSPS) is 13.5. The van der Waals surface area contributed by atoms with E-state index in [4.69, 9.17) is 9.97 Å². The van der Waals surface area contributed by atoms with E-state index in [0.717, 1.165) is 38.5 Å². The van der Waals surface area contributed by atoms with Crippen LogP contribution in [0.3, 0.4) is 0 Å². The summed E-state index contributed by atoms with van der Waals surface area (Å²) in [6.45, 7) is 4.75. The zero-order chi connectivity index (χ0) is 31.3. The molecule has 6 aromatic carbocycles. The van der Waals surface area contributed by atoms with Crippen molar-refractivity contribution in [1.82, 2.24) is 14.5 Å². The fourth-order valence-electron chi connectivity index (χ4n) is 7.88. The molecule has 0 saturated carbocycles. The lowest BCUT2D eigenvalue weighted by atomic mass is 9.81. The van der Waals surface area contributed by atoms with Crippen LogP contribution < -0.4 is 0 Å². The van der Waals surface area contributed by atoms with Crippen molar-refractivity contribution in [3.8, 4) is 39.5 Å². The molecule has 0 fully saturated rings. The van der Waals surface area contributed by atoms with Gasteiger partial charge in [-0.15, -0.1) is 11.3 Å². The van der Waals surface area contributed by atoms with Crippen LogP contribution in [0.5, 0.6) is 0 Å². The van der Waals surface area contributed by atoms with E-state index in [1.54, 1.807) is 11.3 Å². The van der Waals surface area contributed by atoms with Crippen molar-refractivity contribution in [1.29, 1.82) is 0 Å². The Morgan fingerprint density at radius 1 is 0.596 bits per heavy atom. The SMILES string of the molecule is CC1(C)c2ccccc2-c2ccc3c4ccccc4n(-c4cccc(-c5nc(-c6ccccc6)nc6c5sc5ccccc56)c4)c3c21. The van der Waals surface area contributed by atoms with Crippen molar-refractivity contribution in [3.05, 3.63) is 151 Å². The molecule has 9 aromatic rings. The van der Waals surface area contributed by atoms with Crippen molar-refractivity contribution in [2.24, 2.45) is 0 Å². The van der Waals surface area contributed by atoms with Crippen molar-refractivity contribution in [3.63, 3.8) is 0 Å². The first-order chi connectivity index (χ1) is 23.1. The quantitative estimate of drug-likeness (QED) is 0.197. The van der Waals surface area contributed by atoms with E-state index in [0.29, 0.717) is 0 Å². The molecule has 1 aliphatic rings. The average Bonchev–Trinajstić information content (AvgIpc) is 3.74. The highest BCUT2D eigenvalue weighted by atomic mass is 32.1. The van der Waals surface area contributed by atoms with Gasteiger partial charge in [-0.05, 0) is 46.5 Å². The Kier molecular flexibility index (Phi) is 5.50. The number of benzene rings is 6. The highest BCUT2D eigenvalue weighted by Crippen LogP contribution is 2.53. The summed E-state index contributed by atoms with van der Waals surface area (Å²) in [5, 5.41) is 3.72. The first-order valence-electron chi connectivity index (χ1n) is 16.1. The Hall–Kier alpha value is -5.58. The topological polar surface area (TPSA) is 30.7 Å². The van der Waals surface area contributed by atoms with Gasteiger partial charge in [0.05, 0.1) is 26.9 Å². The maximum Gasteiger partial charge on any atom is 0.160 e. The lowest BCUT2D eigenvalue weighted by molar-refractivity contribution is 0.664. The van der Waals surface area contributed by atoms with Gasteiger partial charge in [-0.2, -0.15) is 0 Å². The standard InChI is InChI=1S/C43H29N3S/c1-43(2)34-20-9-6-17-29(34)31-23-24-32-30-18-7-10-21-35(30)46(40(32)37(31)43)28-16-12-15-27(25-28)38-41-39(33-19-8-11-22-36(33)47-41)45-42(44-38)26-13-4-3-5-14-26/h3-25H,1-2H3. The molecule has 0 aliphatic heterocycles. The molecule has 10 rings (SSSR count). The summed E-state index contributed by atoms with van der Waals surface area (Å²) < 4.78 is 4.82. The first kappa shape index (κ1) is 26.6. The minimum absolute atomic E-state index is 0.143. The minimum atomic E-state index is -0.143. The lowest BCUT2D eigenvalue weighted by Gasteiger charge is -2.23. The van der Waals surface area contributed by atoms with Gasteiger partial charge in [-0.25, -0.2) is 9.97 Å². The van der Waals surface area contributed by atoms with E-state index in [1.165, 1.54) is 54.1 Å². The molecular formula is C43H29N3S. The third-order valence-corrected chi connectivity index (χ3v) is 11.1. The molecule has 0 spiro atoms. The van der Waals surface area contributed by atoms with Gasteiger partial charge in [-0.3, -0.25) is 0 Å². The number of para-hydroxylation sites is 1. The number of rotatable bonds is 3. The van der Waals surface area contributed by atoms with E-state index in [2.05, 4.69) is 152 Å². The third kappa shape index (κ3) is 3.73. The van der Waals surface area contributed by atoms with Crippen LogP contribution in [0.4, 0.5) is 0 Å². The highest BCUT2D eigenvalue weighted by Gasteiger charge is 2.38. The van der Waals surface area contributed by atoms with Gasteiger partial charge in [0, 0.05) is 43.1 Å². The van der Waals surface area contributed by atoms with Gasteiger partial charge >= 0.3 is 0 Å². The molecular weight excluding hydrogens is 591 g/mol. The van der Waals surface area contributed by atoms with E-state index < -0.39 is 0 Å². The molecule has 4 heteroatoms. The third-order valence-electron chi connectivity index (χ3n) is 9.98. The Bertz CT molecular complexity index is 2710. The Morgan fingerprint density at radius 3 is 2.23 bits per heavy atom. The molecule has 0 amide bonds. The summed E-state index contributed by atoms with van der Waals surface area (Å²) in [5.74, 6) is 0.747. The molecule has 3 aromatic heterocycles. The summed E-state index contributed by atoms with van der Waals surface area (Å²) in [7, 11) is 0. The summed E-state index contributed by atoms with van der Waals surface area (Å²) in [6.07, 6.45) is 0. The Labute approximate surface area is 276 Å². The highest BCUT2D eigenvalue weighted by molar-refractivity contribution is 7.26. The fraction of sp³-hybridized carbons (Fsp3) is 0.0698. The molecule has 0 unspecified atom stereocenters. The number of fused-ring (bicyclic) bond motifs is 10. The average molecular weight is 620 g/mol. The van der Waals surface area contributed by atoms with E-state index in [9.17, 15) is 0 Å². The van der Waals surface area contributed by atoms with Crippen LogP contribution in [-0.2, 0) is 5.41 Å². The summed E-state index contributed by atoms with van der Waals surface area (Å²) in [5.41, 5.74) is 13.0. The van der Waals surface area contributed by atoms with E-state index in [1.807, 2.05) is 6.07 Å². The van der Waals surface area contributed by atoms with E-state index in [-0.39, 0.29) is 5.41 Å². The van der Waals surface area contributed by atoms with Gasteiger partial charge in [-0.1, -0.05) is 129 Å². The zero-order valence-electron chi connectivity index (χ0n) is 26.0. The van der Waals surface area contributed by atoms with Crippen LogP contribution in [0.15, 0.2) is 140 Å². The Balaban J connectivity index is 1.27. The van der Waals surface area contributed by atoms with Crippen molar-refractivity contribution < 1.29 is 0 Å². The molecule has 3 nitrogen and oxygen atoms in total. The summed E-state index contributed by atoms with van der Waals surface area (Å²) in [6, 6.07) is 50.2. The second-order valence-corrected chi connectivity index (χ2v) is 14.0. The molecule has 0 radical (unpaired) electrons. The summed E-state index contributed by atoms with van der Waals surface area (Å²) in [4.78, 5) is 10.4. The number of thiophene rings is 1. The predicted octanol–water partition coefficient (Wildman–Crippen LogP) is 11.6. The van der Waals surface area contributed by atoms with Gasteiger partial charge in [0.1, 0.15) is 0 Å². The molecule has 0 bridgehead atoms. The van der Waals surface area contributed by atoms with Crippen LogP contribution in [0.2, 0.25) is 0 Å². The number of aromatic nitrogens is 3. The maximum atomic E-state index is 5.28. The predicted molar refractivity (Wildman–Crippen MR) is 198 cm³/mol. The van der Waals surface area contributed by atoms with Crippen molar-refractivity contribution >= 4 is 53.4 Å². The van der Waals surface area contributed by atoms with Gasteiger partial charge in [0.25, 0.3) is 0 Å². The zero-order valence-corrected chi connectivity index (χ0v) is 26.8. The number of hydrogen-bond donors (Lipinski definition) is 0. The minimum Gasteiger partial charge on any atom is -0.309 e. The smallest absolute Gasteiger partial charge is 0.160 e. The number of hydrogen-bond acceptors (Lipinski definition) is 3. The van der Waals surface area contributed by atoms with Gasteiger partial charge in [0.2, 0.25) is 0 Å². The van der Waals surface area contributed by atoms with Gasteiger partial charge in [0.15, 0.2) is 5.82 Å². The van der Waals surface area contributed by atoms with Crippen molar-refractivity contribution in [2.45, 2.75) is 19.3 Å².